The normalized spacial score (nSPS) is 11.7. The third-order valence-corrected chi connectivity index (χ3v) is 5.98. The fourth-order valence-electron chi connectivity index (χ4n) is 3.95. The molecule has 0 aliphatic heterocycles. The number of benzene rings is 3. The van der Waals surface area contributed by atoms with E-state index in [1.165, 1.54) is 5.56 Å². The quantitative estimate of drug-likeness (QED) is 0.322. The number of hydrogen-bond acceptors (Lipinski definition) is 3. The summed E-state index contributed by atoms with van der Waals surface area (Å²) >= 11 is 0. The number of carbonyl (C=O) groups excluding carboxylic acids is 2. The lowest BCUT2D eigenvalue weighted by atomic mass is 10.0. The van der Waals surface area contributed by atoms with E-state index in [2.05, 4.69) is 19.2 Å². The summed E-state index contributed by atoms with van der Waals surface area (Å²) < 4.78 is 5.83. The highest BCUT2D eigenvalue weighted by atomic mass is 16.5. The van der Waals surface area contributed by atoms with E-state index in [1.54, 1.807) is 4.90 Å². The molecule has 5 heteroatoms. The molecule has 0 fully saturated rings. The molecular formula is C31H38N2O3. The Balaban J connectivity index is 1.75. The van der Waals surface area contributed by atoms with Crippen molar-refractivity contribution < 1.29 is 14.3 Å². The maximum Gasteiger partial charge on any atom is 0.243 e. The van der Waals surface area contributed by atoms with E-state index in [1.807, 2.05) is 91.9 Å². The van der Waals surface area contributed by atoms with Crippen LogP contribution in [0.5, 0.6) is 5.75 Å². The first kappa shape index (κ1) is 27.0. The van der Waals surface area contributed by atoms with Gasteiger partial charge < -0.3 is 15.0 Å². The minimum atomic E-state index is -0.600. The van der Waals surface area contributed by atoms with Gasteiger partial charge in [0.25, 0.3) is 0 Å². The van der Waals surface area contributed by atoms with Crippen LogP contribution in [0.2, 0.25) is 0 Å². The van der Waals surface area contributed by atoms with Crippen LogP contribution in [0, 0.1) is 12.8 Å². The molecule has 0 bridgehead atoms. The van der Waals surface area contributed by atoms with Crippen molar-refractivity contribution >= 4 is 11.8 Å². The number of ether oxygens (including phenoxy) is 1. The van der Waals surface area contributed by atoms with Gasteiger partial charge in [0.1, 0.15) is 11.8 Å². The van der Waals surface area contributed by atoms with Crippen molar-refractivity contribution in [1.29, 1.82) is 0 Å². The monoisotopic (exact) mass is 486 g/mol. The maximum absolute atomic E-state index is 13.6. The average Bonchev–Trinajstić information content (AvgIpc) is 2.89. The molecule has 3 aromatic carbocycles. The summed E-state index contributed by atoms with van der Waals surface area (Å²) in [6.07, 6.45) is 1.34. The maximum atomic E-state index is 13.6. The van der Waals surface area contributed by atoms with Crippen LogP contribution in [0.1, 0.15) is 43.4 Å². The Kier molecular flexibility index (Phi) is 10.6. The summed E-state index contributed by atoms with van der Waals surface area (Å²) in [5, 5.41) is 3.06. The van der Waals surface area contributed by atoms with Crippen LogP contribution in [0.3, 0.4) is 0 Å². The lowest BCUT2D eigenvalue weighted by Crippen LogP contribution is -2.51. The van der Waals surface area contributed by atoms with Gasteiger partial charge in [-0.3, -0.25) is 9.59 Å². The van der Waals surface area contributed by atoms with Crippen LogP contribution >= 0.6 is 0 Å². The van der Waals surface area contributed by atoms with Crippen LogP contribution in [-0.2, 0) is 22.6 Å². The van der Waals surface area contributed by atoms with Gasteiger partial charge in [-0.15, -0.1) is 0 Å². The lowest BCUT2D eigenvalue weighted by molar-refractivity contribution is -0.141. The molecule has 5 nitrogen and oxygen atoms in total. The molecule has 36 heavy (non-hydrogen) atoms. The molecule has 0 aliphatic rings. The number of amides is 2. The highest BCUT2D eigenvalue weighted by molar-refractivity contribution is 5.88. The molecule has 1 unspecified atom stereocenters. The van der Waals surface area contributed by atoms with Crippen molar-refractivity contribution in [1.82, 2.24) is 10.2 Å². The van der Waals surface area contributed by atoms with Gasteiger partial charge in [0.05, 0.1) is 6.61 Å². The van der Waals surface area contributed by atoms with Gasteiger partial charge in [-0.1, -0.05) is 92.2 Å². The van der Waals surface area contributed by atoms with Gasteiger partial charge in [-0.2, -0.15) is 0 Å². The van der Waals surface area contributed by atoms with Gasteiger partial charge in [-0.05, 0) is 42.5 Å². The predicted molar refractivity (Wildman–Crippen MR) is 145 cm³/mol. The molecule has 0 aromatic heterocycles. The molecule has 3 aromatic rings. The molecule has 0 saturated carbocycles. The van der Waals surface area contributed by atoms with Crippen molar-refractivity contribution in [3.63, 3.8) is 0 Å². The first-order valence-corrected chi connectivity index (χ1v) is 12.8. The highest BCUT2D eigenvalue weighted by Gasteiger charge is 2.30. The van der Waals surface area contributed by atoms with Crippen molar-refractivity contribution in [2.45, 2.75) is 52.6 Å². The summed E-state index contributed by atoms with van der Waals surface area (Å²) in [5.41, 5.74) is 3.20. The smallest absolute Gasteiger partial charge is 0.243 e. The highest BCUT2D eigenvalue weighted by Crippen LogP contribution is 2.17. The van der Waals surface area contributed by atoms with E-state index in [9.17, 15) is 9.59 Å². The number of aryl methyl sites for hydroxylation is 1. The second-order valence-corrected chi connectivity index (χ2v) is 9.62. The fourth-order valence-corrected chi connectivity index (χ4v) is 3.95. The van der Waals surface area contributed by atoms with Gasteiger partial charge in [0.2, 0.25) is 11.8 Å². The summed E-state index contributed by atoms with van der Waals surface area (Å²) in [6, 6.07) is 27.0. The van der Waals surface area contributed by atoms with Crippen LogP contribution in [0.25, 0.3) is 0 Å². The molecule has 190 valence electrons. The van der Waals surface area contributed by atoms with Crippen molar-refractivity contribution in [2.24, 2.45) is 5.92 Å². The molecule has 2 amide bonds. The van der Waals surface area contributed by atoms with E-state index < -0.39 is 6.04 Å². The van der Waals surface area contributed by atoms with Gasteiger partial charge >= 0.3 is 0 Å². The zero-order valence-corrected chi connectivity index (χ0v) is 21.7. The van der Waals surface area contributed by atoms with Crippen LogP contribution in [-0.4, -0.2) is 35.9 Å². The summed E-state index contributed by atoms with van der Waals surface area (Å²) in [7, 11) is 0. The number of hydrogen-bond donors (Lipinski definition) is 1. The predicted octanol–water partition coefficient (Wildman–Crippen LogP) is 5.57. The minimum Gasteiger partial charge on any atom is -0.494 e. The fraction of sp³-hybridized carbons (Fsp3) is 0.355. The Hall–Kier alpha value is -3.60. The van der Waals surface area contributed by atoms with Crippen LogP contribution < -0.4 is 10.1 Å². The minimum absolute atomic E-state index is 0.0491. The molecule has 0 heterocycles. The standard InChI is InChI=1S/C31H38N2O3/c1-24(2)22-32-31(35)29(21-26-11-6-4-7-12-26)33(23-27-13-8-5-9-14-27)30(34)15-10-20-36-28-18-16-25(3)17-19-28/h4-9,11-14,16-19,24,29H,10,15,20-23H2,1-3H3,(H,32,35). The Bertz CT molecular complexity index is 1070. The lowest BCUT2D eigenvalue weighted by Gasteiger charge is -2.32. The van der Waals surface area contributed by atoms with Crippen molar-refractivity contribution in [3.05, 3.63) is 102 Å². The Labute approximate surface area is 215 Å². The number of nitrogens with zero attached hydrogens (tertiary/aromatic N) is 1. The Morgan fingerprint density at radius 2 is 1.47 bits per heavy atom. The first-order valence-electron chi connectivity index (χ1n) is 12.8. The molecular weight excluding hydrogens is 448 g/mol. The Morgan fingerprint density at radius 1 is 0.861 bits per heavy atom. The van der Waals surface area contributed by atoms with Crippen LogP contribution in [0.15, 0.2) is 84.9 Å². The second kappa shape index (κ2) is 14.1. The van der Waals surface area contributed by atoms with E-state index >= 15 is 0 Å². The third kappa shape index (κ3) is 8.88. The third-order valence-electron chi connectivity index (χ3n) is 5.98. The SMILES string of the molecule is Cc1ccc(OCCCC(=O)N(Cc2ccccc2)C(Cc2ccccc2)C(=O)NCC(C)C)cc1. The molecule has 1 N–H and O–H groups in total. The Morgan fingerprint density at radius 3 is 2.08 bits per heavy atom. The molecule has 0 spiro atoms. The zero-order chi connectivity index (χ0) is 25.8. The summed E-state index contributed by atoms with van der Waals surface area (Å²) in [5.74, 6) is 0.951. The number of nitrogens with one attached hydrogen (secondary N) is 1. The second-order valence-electron chi connectivity index (χ2n) is 9.62. The van der Waals surface area contributed by atoms with Crippen LogP contribution in [0.4, 0.5) is 0 Å². The summed E-state index contributed by atoms with van der Waals surface area (Å²) in [6.45, 7) is 7.55. The number of rotatable bonds is 13. The van der Waals surface area contributed by atoms with E-state index in [0.717, 1.165) is 16.9 Å². The van der Waals surface area contributed by atoms with E-state index in [4.69, 9.17) is 4.74 Å². The number of carbonyl (C=O) groups is 2. The largest absolute Gasteiger partial charge is 0.494 e. The molecule has 1 atom stereocenters. The van der Waals surface area contributed by atoms with Gasteiger partial charge in [0, 0.05) is 25.9 Å². The average molecular weight is 487 g/mol. The van der Waals surface area contributed by atoms with Gasteiger partial charge in [-0.25, -0.2) is 0 Å². The molecule has 0 aliphatic carbocycles. The zero-order valence-electron chi connectivity index (χ0n) is 21.7. The first-order chi connectivity index (χ1) is 17.4. The molecule has 0 saturated heterocycles. The molecule has 0 radical (unpaired) electrons. The van der Waals surface area contributed by atoms with E-state index in [0.29, 0.717) is 44.9 Å². The summed E-state index contributed by atoms with van der Waals surface area (Å²) in [4.78, 5) is 28.7. The van der Waals surface area contributed by atoms with Crippen molar-refractivity contribution in [3.8, 4) is 5.75 Å². The van der Waals surface area contributed by atoms with Crippen molar-refractivity contribution in [2.75, 3.05) is 13.2 Å². The molecule has 3 rings (SSSR count). The van der Waals surface area contributed by atoms with Gasteiger partial charge in [0.15, 0.2) is 0 Å². The van der Waals surface area contributed by atoms with E-state index in [-0.39, 0.29) is 11.8 Å². The topological polar surface area (TPSA) is 58.6 Å².